The maximum atomic E-state index is 14.4. The molecule has 0 fully saturated rings. The molecule has 0 aliphatic rings. The summed E-state index contributed by atoms with van der Waals surface area (Å²) in [6, 6.07) is 10.1. The number of halogens is 2. The summed E-state index contributed by atoms with van der Waals surface area (Å²) < 4.78 is 21.8. The van der Waals surface area contributed by atoms with Crippen molar-refractivity contribution in [3.8, 4) is 11.4 Å². The Morgan fingerprint density at radius 2 is 2.07 bits per heavy atom. The number of nitrogens with one attached hydrogen (secondary N) is 1. The first kappa shape index (κ1) is 19.9. The lowest BCUT2D eigenvalue weighted by Gasteiger charge is -2.16. The van der Waals surface area contributed by atoms with Gasteiger partial charge >= 0.3 is 0 Å². The van der Waals surface area contributed by atoms with Crippen LogP contribution in [0.4, 0.5) is 4.39 Å². The first-order valence-electron chi connectivity index (χ1n) is 8.84. The lowest BCUT2D eigenvalue weighted by Crippen LogP contribution is -2.36. The number of hydrogen-bond acceptors (Lipinski definition) is 3. The molecule has 1 amide bonds. The predicted octanol–water partition coefficient (Wildman–Crippen LogP) is 4.37. The molecule has 0 saturated carbocycles. The van der Waals surface area contributed by atoms with Gasteiger partial charge in [0.1, 0.15) is 17.4 Å². The lowest BCUT2D eigenvalue weighted by molar-refractivity contribution is -0.127. The van der Waals surface area contributed by atoms with Gasteiger partial charge in [-0.3, -0.25) is 4.79 Å². The van der Waals surface area contributed by atoms with Crippen molar-refractivity contribution in [3.63, 3.8) is 0 Å². The minimum Gasteiger partial charge on any atom is -0.481 e. The van der Waals surface area contributed by atoms with Crippen molar-refractivity contribution in [3.05, 3.63) is 76.6 Å². The fourth-order valence-electron chi connectivity index (χ4n) is 2.81. The zero-order valence-corrected chi connectivity index (χ0v) is 16.6. The van der Waals surface area contributed by atoms with E-state index in [1.807, 2.05) is 6.92 Å². The smallest absolute Gasteiger partial charge is 0.261 e. The van der Waals surface area contributed by atoms with Gasteiger partial charge in [0.25, 0.3) is 5.91 Å². The first-order valence-corrected chi connectivity index (χ1v) is 9.22. The van der Waals surface area contributed by atoms with E-state index >= 15 is 0 Å². The summed E-state index contributed by atoms with van der Waals surface area (Å²) in [7, 11) is 0. The monoisotopic (exact) mass is 401 g/mol. The van der Waals surface area contributed by atoms with Crippen molar-refractivity contribution in [2.75, 3.05) is 0 Å². The summed E-state index contributed by atoms with van der Waals surface area (Å²) in [5.41, 5.74) is 1.92. The Kier molecular flexibility index (Phi) is 5.99. The van der Waals surface area contributed by atoms with E-state index in [-0.39, 0.29) is 18.3 Å². The van der Waals surface area contributed by atoms with E-state index in [9.17, 15) is 9.18 Å². The van der Waals surface area contributed by atoms with Gasteiger partial charge < -0.3 is 14.6 Å². The van der Waals surface area contributed by atoms with Crippen molar-refractivity contribution in [1.82, 2.24) is 14.9 Å². The average molecular weight is 402 g/mol. The van der Waals surface area contributed by atoms with Gasteiger partial charge in [-0.05, 0) is 62.2 Å². The Hall–Kier alpha value is -2.86. The van der Waals surface area contributed by atoms with E-state index in [0.29, 0.717) is 27.8 Å². The van der Waals surface area contributed by atoms with Crippen molar-refractivity contribution in [2.45, 2.75) is 33.4 Å². The van der Waals surface area contributed by atoms with Gasteiger partial charge in [-0.25, -0.2) is 9.37 Å². The molecule has 2 aromatic carbocycles. The van der Waals surface area contributed by atoms with E-state index in [4.69, 9.17) is 16.3 Å². The number of imidazole rings is 1. The molecular formula is C21H21ClFN3O2. The molecular weight excluding hydrogens is 381 g/mol. The molecule has 146 valence electrons. The van der Waals surface area contributed by atoms with Crippen LogP contribution in [0.1, 0.15) is 23.9 Å². The van der Waals surface area contributed by atoms with E-state index in [1.54, 1.807) is 61.1 Å². The summed E-state index contributed by atoms with van der Waals surface area (Å²) in [5, 5.41) is 3.38. The molecule has 0 spiro atoms. The van der Waals surface area contributed by atoms with Crippen LogP contribution in [0.15, 0.2) is 48.8 Å². The van der Waals surface area contributed by atoms with Crippen LogP contribution >= 0.6 is 11.6 Å². The Morgan fingerprint density at radius 1 is 1.29 bits per heavy atom. The Balaban J connectivity index is 1.61. The molecule has 28 heavy (non-hydrogen) atoms. The second-order valence-corrected chi connectivity index (χ2v) is 6.95. The van der Waals surface area contributed by atoms with Crippen LogP contribution in [0.25, 0.3) is 5.69 Å². The molecule has 7 heteroatoms. The van der Waals surface area contributed by atoms with Crippen LogP contribution in [0.2, 0.25) is 5.02 Å². The van der Waals surface area contributed by atoms with Gasteiger partial charge in [0.15, 0.2) is 6.10 Å². The molecule has 1 N–H and O–H groups in total. The number of hydrogen-bond donors (Lipinski definition) is 1. The molecule has 1 aromatic heterocycles. The number of aryl methyl sites for hydroxylation is 2. The molecule has 1 heterocycles. The molecule has 3 rings (SSSR count). The number of rotatable bonds is 6. The highest BCUT2D eigenvalue weighted by Crippen LogP contribution is 2.23. The average Bonchev–Trinajstić information content (AvgIpc) is 3.07. The quantitative estimate of drug-likeness (QED) is 0.667. The third-order valence-corrected chi connectivity index (χ3v) is 4.61. The highest BCUT2D eigenvalue weighted by atomic mass is 35.5. The number of benzene rings is 2. The van der Waals surface area contributed by atoms with E-state index < -0.39 is 6.10 Å². The van der Waals surface area contributed by atoms with Crippen LogP contribution in [0.3, 0.4) is 0 Å². The van der Waals surface area contributed by atoms with Crippen molar-refractivity contribution in [1.29, 1.82) is 0 Å². The molecule has 0 bridgehead atoms. The van der Waals surface area contributed by atoms with Crippen LogP contribution < -0.4 is 10.1 Å². The van der Waals surface area contributed by atoms with Crippen LogP contribution in [-0.4, -0.2) is 21.6 Å². The highest BCUT2D eigenvalue weighted by Gasteiger charge is 2.16. The number of carbonyl (C=O) groups is 1. The van der Waals surface area contributed by atoms with Gasteiger partial charge in [-0.1, -0.05) is 17.7 Å². The van der Waals surface area contributed by atoms with Crippen LogP contribution in [0.5, 0.6) is 5.75 Å². The van der Waals surface area contributed by atoms with E-state index in [2.05, 4.69) is 10.3 Å². The molecule has 0 saturated heterocycles. The van der Waals surface area contributed by atoms with Crippen LogP contribution in [0, 0.1) is 19.7 Å². The molecule has 3 aromatic rings. The third-order valence-electron chi connectivity index (χ3n) is 4.37. The minimum absolute atomic E-state index is 0.201. The Bertz CT molecular complexity index is 1000. The molecule has 0 aliphatic carbocycles. The minimum atomic E-state index is -0.697. The largest absolute Gasteiger partial charge is 0.481 e. The predicted molar refractivity (Wildman–Crippen MR) is 106 cm³/mol. The topological polar surface area (TPSA) is 56.1 Å². The summed E-state index contributed by atoms with van der Waals surface area (Å²) >= 11 is 5.93. The molecule has 5 nitrogen and oxygen atoms in total. The fraction of sp³-hybridized carbons (Fsp3) is 0.238. The fourth-order valence-corrected chi connectivity index (χ4v) is 3.04. The second-order valence-electron chi connectivity index (χ2n) is 6.52. The van der Waals surface area contributed by atoms with Gasteiger partial charge in [0, 0.05) is 24.0 Å². The summed E-state index contributed by atoms with van der Waals surface area (Å²) in [6.07, 6.45) is 2.62. The zero-order chi connectivity index (χ0) is 20.3. The van der Waals surface area contributed by atoms with Gasteiger partial charge in [0.2, 0.25) is 0 Å². The second kappa shape index (κ2) is 8.44. The number of amides is 1. The summed E-state index contributed by atoms with van der Waals surface area (Å²) in [4.78, 5) is 16.4. The van der Waals surface area contributed by atoms with Gasteiger partial charge in [-0.15, -0.1) is 0 Å². The van der Waals surface area contributed by atoms with Gasteiger partial charge in [0.05, 0.1) is 5.69 Å². The van der Waals surface area contributed by atoms with Crippen molar-refractivity contribution < 1.29 is 13.9 Å². The first-order chi connectivity index (χ1) is 13.3. The SMILES string of the molecule is Cc1cc(Cl)ccc1OC(C)C(=O)NCc1ccc(-n2ccnc2C)c(F)c1. The number of ether oxygens (including phenoxy) is 1. The number of carbonyl (C=O) groups excluding carboxylic acids is 1. The van der Waals surface area contributed by atoms with E-state index in [1.165, 1.54) is 6.07 Å². The Labute approximate surface area is 168 Å². The maximum absolute atomic E-state index is 14.4. The molecule has 1 atom stereocenters. The number of aromatic nitrogens is 2. The zero-order valence-electron chi connectivity index (χ0n) is 15.9. The van der Waals surface area contributed by atoms with Crippen molar-refractivity contribution in [2.24, 2.45) is 0 Å². The summed E-state index contributed by atoms with van der Waals surface area (Å²) in [5.74, 6) is 0.625. The lowest BCUT2D eigenvalue weighted by atomic mass is 10.2. The highest BCUT2D eigenvalue weighted by molar-refractivity contribution is 6.30. The number of nitrogens with zero attached hydrogens (tertiary/aromatic N) is 2. The third kappa shape index (κ3) is 4.51. The maximum Gasteiger partial charge on any atom is 0.261 e. The van der Waals surface area contributed by atoms with Crippen molar-refractivity contribution >= 4 is 17.5 Å². The van der Waals surface area contributed by atoms with E-state index in [0.717, 1.165) is 5.56 Å². The van der Waals surface area contributed by atoms with Crippen LogP contribution in [-0.2, 0) is 11.3 Å². The normalized spacial score (nSPS) is 11.9. The molecule has 1 unspecified atom stereocenters. The molecule has 0 radical (unpaired) electrons. The van der Waals surface area contributed by atoms with Gasteiger partial charge in [-0.2, -0.15) is 0 Å². The summed E-state index contributed by atoms with van der Waals surface area (Å²) in [6.45, 7) is 5.52. The standard InChI is InChI=1S/C21H21ClFN3O2/c1-13-10-17(22)5-7-20(13)28-14(2)21(27)25-12-16-4-6-19(18(23)11-16)26-9-8-24-15(26)3/h4-11,14H,12H2,1-3H3,(H,25,27). The molecule has 0 aliphatic heterocycles. The Morgan fingerprint density at radius 3 is 2.71 bits per heavy atom.